The Morgan fingerprint density at radius 1 is 0.862 bits per heavy atom. The van der Waals surface area contributed by atoms with Gasteiger partial charge < -0.3 is 10.6 Å². The van der Waals surface area contributed by atoms with Gasteiger partial charge in [0.05, 0.1) is 6.04 Å². The molecule has 0 saturated carbocycles. The van der Waals surface area contributed by atoms with Crippen molar-refractivity contribution >= 4 is 34.8 Å². The summed E-state index contributed by atoms with van der Waals surface area (Å²) in [6, 6.07) is 29.7. The van der Waals surface area contributed by atoms with Gasteiger partial charge in [-0.15, -0.1) is 11.8 Å². The molecule has 0 fully saturated rings. The fraction of sp³-hybridized carbons (Fsp3) is 0.240. The third-order valence-electron chi connectivity index (χ3n) is 4.57. The number of thioether (sulfide) groups is 1. The molecule has 29 heavy (non-hydrogen) atoms. The van der Waals surface area contributed by atoms with Crippen LogP contribution in [0.15, 0.2) is 89.8 Å². The molecule has 3 rings (SSSR count). The SMILES string of the molecule is CC(C)C[C@@H](NC(=S)Nc1ccc(CSc2ccccc2)cc1)c1ccccc1. The molecule has 2 nitrogen and oxygen atoms in total. The standard InChI is InChI=1S/C25H28N2S2/c1-19(2)17-24(21-9-5-3-6-10-21)27-25(28)26-22-15-13-20(14-16-22)18-29-23-11-7-4-8-12-23/h3-16,19,24H,17-18H2,1-2H3,(H2,26,27,28)/t24-/m1/s1. The first-order valence-corrected chi connectivity index (χ1v) is 11.4. The van der Waals surface area contributed by atoms with Gasteiger partial charge in [-0.05, 0) is 59.9 Å². The van der Waals surface area contributed by atoms with E-state index < -0.39 is 0 Å². The molecule has 0 saturated heterocycles. The van der Waals surface area contributed by atoms with E-state index in [1.54, 1.807) is 0 Å². The second kappa shape index (κ2) is 11.0. The van der Waals surface area contributed by atoms with Gasteiger partial charge in [0.2, 0.25) is 0 Å². The summed E-state index contributed by atoms with van der Waals surface area (Å²) in [6.07, 6.45) is 1.03. The van der Waals surface area contributed by atoms with Crippen LogP contribution in [0.3, 0.4) is 0 Å². The zero-order valence-corrected chi connectivity index (χ0v) is 18.6. The highest BCUT2D eigenvalue weighted by atomic mass is 32.2. The molecule has 150 valence electrons. The fourth-order valence-corrected chi connectivity index (χ4v) is 4.26. The zero-order chi connectivity index (χ0) is 20.5. The minimum absolute atomic E-state index is 0.206. The lowest BCUT2D eigenvalue weighted by Gasteiger charge is -2.23. The van der Waals surface area contributed by atoms with E-state index >= 15 is 0 Å². The number of benzene rings is 3. The van der Waals surface area contributed by atoms with Gasteiger partial charge in [0.15, 0.2) is 5.11 Å². The Morgan fingerprint density at radius 3 is 2.10 bits per heavy atom. The van der Waals surface area contributed by atoms with E-state index in [0.717, 1.165) is 17.9 Å². The molecule has 0 radical (unpaired) electrons. The first kappa shape index (κ1) is 21.4. The van der Waals surface area contributed by atoms with Gasteiger partial charge in [0.1, 0.15) is 0 Å². The molecule has 3 aromatic carbocycles. The molecule has 3 aromatic rings. The number of anilines is 1. The topological polar surface area (TPSA) is 24.1 Å². The van der Waals surface area contributed by atoms with Crippen LogP contribution in [-0.4, -0.2) is 5.11 Å². The van der Waals surface area contributed by atoms with Crippen molar-refractivity contribution in [2.75, 3.05) is 5.32 Å². The van der Waals surface area contributed by atoms with Crippen molar-refractivity contribution in [2.45, 2.75) is 37.0 Å². The summed E-state index contributed by atoms with van der Waals surface area (Å²) in [7, 11) is 0. The highest BCUT2D eigenvalue weighted by Crippen LogP contribution is 2.24. The quantitative estimate of drug-likeness (QED) is 0.301. The number of hydrogen-bond acceptors (Lipinski definition) is 2. The normalized spacial score (nSPS) is 11.8. The van der Waals surface area contributed by atoms with Gasteiger partial charge in [-0.2, -0.15) is 0 Å². The number of thiocarbonyl (C=S) groups is 1. The smallest absolute Gasteiger partial charge is 0.171 e. The van der Waals surface area contributed by atoms with Crippen LogP contribution < -0.4 is 10.6 Å². The van der Waals surface area contributed by atoms with Crippen molar-refractivity contribution in [3.05, 3.63) is 96.1 Å². The average molecular weight is 421 g/mol. The lowest BCUT2D eigenvalue weighted by molar-refractivity contribution is 0.481. The molecule has 0 unspecified atom stereocenters. The molecule has 1 atom stereocenters. The number of nitrogens with one attached hydrogen (secondary N) is 2. The molecule has 0 aromatic heterocycles. The Bertz CT molecular complexity index is 878. The van der Waals surface area contributed by atoms with Crippen molar-refractivity contribution in [1.29, 1.82) is 0 Å². The third kappa shape index (κ3) is 7.22. The first-order chi connectivity index (χ1) is 14.1. The van der Waals surface area contributed by atoms with E-state index in [4.69, 9.17) is 12.2 Å². The summed E-state index contributed by atoms with van der Waals surface area (Å²) >= 11 is 7.43. The lowest BCUT2D eigenvalue weighted by Crippen LogP contribution is -2.33. The molecular formula is C25H28N2S2. The van der Waals surface area contributed by atoms with Gasteiger partial charge in [0, 0.05) is 16.3 Å². The van der Waals surface area contributed by atoms with Gasteiger partial charge >= 0.3 is 0 Å². The molecular weight excluding hydrogens is 392 g/mol. The third-order valence-corrected chi connectivity index (χ3v) is 5.88. The van der Waals surface area contributed by atoms with Crippen molar-refractivity contribution in [2.24, 2.45) is 5.92 Å². The summed E-state index contributed by atoms with van der Waals surface area (Å²) in [5.74, 6) is 1.54. The van der Waals surface area contributed by atoms with Crippen LogP contribution in [0, 0.1) is 5.92 Å². The zero-order valence-electron chi connectivity index (χ0n) is 17.0. The maximum atomic E-state index is 5.59. The Morgan fingerprint density at radius 2 is 1.48 bits per heavy atom. The van der Waals surface area contributed by atoms with Crippen molar-refractivity contribution in [3.8, 4) is 0 Å². The second-order valence-electron chi connectivity index (χ2n) is 7.49. The van der Waals surface area contributed by atoms with Gasteiger partial charge in [-0.25, -0.2) is 0 Å². The highest BCUT2D eigenvalue weighted by Gasteiger charge is 2.14. The summed E-state index contributed by atoms with van der Waals surface area (Å²) in [5.41, 5.74) is 3.57. The maximum Gasteiger partial charge on any atom is 0.171 e. The van der Waals surface area contributed by atoms with E-state index in [2.05, 4.69) is 97.3 Å². The average Bonchev–Trinajstić information content (AvgIpc) is 2.74. The van der Waals surface area contributed by atoms with Crippen molar-refractivity contribution in [1.82, 2.24) is 5.32 Å². The van der Waals surface area contributed by atoms with Crippen LogP contribution in [0.4, 0.5) is 5.69 Å². The van der Waals surface area contributed by atoms with Crippen molar-refractivity contribution < 1.29 is 0 Å². The van der Waals surface area contributed by atoms with Gasteiger partial charge in [-0.1, -0.05) is 74.5 Å². The molecule has 0 heterocycles. The highest BCUT2D eigenvalue weighted by molar-refractivity contribution is 7.98. The molecule has 0 aliphatic rings. The van der Waals surface area contributed by atoms with E-state index in [0.29, 0.717) is 11.0 Å². The van der Waals surface area contributed by atoms with E-state index in [1.165, 1.54) is 16.0 Å². The predicted octanol–water partition coefficient (Wildman–Crippen LogP) is 7.05. The minimum atomic E-state index is 0.206. The Hall–Kier alpha value is -2.30. The lowest BCUT2D eigenvalue weighted by atomic mass is 9.97. The molecule has 2 N–H and O–H groups in total. The van der Waals surface area contributed by atoms with Gasteiger partial charge in [0.25, 0.3) is 0 Å². The molecule has 0 spiro atoms. The largest absolute Gasteiger partial charge is 0.356 e. The van der Waals surface area contributed by atoms with E-state index in [1.807, 2.05) is 23.9 Å². The monoisotopic (exact) mass is 420 g/mol. The van der Waals surface area contributed by atoms with Crippen LogP contribution in [0.5, 0.6) is 0 Å². The van der Waals surface area contributed by atoms with Crippen LogP contribution in [0.1, 0.15) is 37.4 Å². The molecule has 0 bridgehead atoms. The first-order valence-electron chi connectivity index (χ1n) is 9.99. The number of rotatable bonds is 8. The predicted molar refractivity (Wildman–Crippen MR) is 130 cm³/mol. The molecule has 0 aliphatic carbocycles. The number of hydrogen-bond donors (Lipinski definition) is 2. The summed E-state index contributed by atoms with van der Waals surface area (Å²) in [6.45, 7) is 4.47. The fourth-order valence-electron chi connectivity index (χ4n) is 3.13. The Labute approximate surface area is 184 Å². The Kier molecular flexibility index (Phi) is 8.14. The van der Waals surface area contributed by atoms with Crippen LogP contribution in [-0.2, 0) is 5.75 Å². The maximum absolute atomic E-state index is 5.59. The van der Waals surface area contributed by atoms with Crippen molar-refractivity contribution in [3.63, 3.8) is 0 Å². The molecule has 4 heteroatoms. The Balaban J connectivity index is 1.55. The second-order valence-corrected chi connectivity index (χ2v) is 8.95. The summed E-state index contributed by atoms with van der Waals surface area (Å²) < 4.78 is 0. The van der Waals surface area contributed by atoms with Crippen LogP contribution in [0.2, 0.25) is 0 Å². The van der Waals surface area contributed by atoms with Crippen LogP contribution >= 0.6 is 24.0 Å². The van der Waals surface area contributed by atoms with Crippen LogP contribution in [0.25, 0.3) is 0 Å². The minimum Gasteiger partial charge on any atom is -0.356 e. The molecule has 0 amide bonds. The molecule has 0 aliphatic heterocycles. The van der Waals surface area contributed by atoms with E-state index in [-0.39, 0.29) is 6.04 Å². The summed E-state index contributed by atoms with van der Waals surface area (Å²) in [5, 5.41) is 7.48. The van der Waals surface area contributed by atoms with E-state index in [9.17, 15) is 0 Å². The van der Waals surface area contributed by atoms with Gasteiger partial charge in [-0.3, -0.25) is 0 Å². The summed E-state index contributed by atoms with van der Waals surface area (Å²) in [4.78, 5) is 1.29.